The largest absolute Gasteiger partial charge is 0.326 e. The molecule has 2 atom stereocenters. The second-order valence-corrected chi connectivity index (χ2v) is 10.6. The lowest BCUT2D eigenvalue weighted by Gasteiger charge is -2.23. The number of hydrogen-bond donors (Lipinski definition) is 1. The van der Waals surface area contributed by atoms with Crippen LogP contribution in [0.2, 0.25) is 5.02 Å². The summed E-state index contributed by atoms with van der Waals surface area (Å²) in [5.41, 5.74) is 5.98. The van der Waals surface area contributed by atoms with Crippen molar-refractivity contribution in [2.24, 2.45) is 10.1 Å². The minimum atomic E-state index is -0.588. The van der Waals surface area contributed by atoms with Crippen molar-refractivity contribution in [3.63, 3.8) is 0 Å². The molecule has 3 aromatic carbocycles. The molecule has 2 aliphatic heterocycles. The van der Waals surface area contributed by atoms with Crippen LogP contribution in [0.3, 0.4) is 0 Å². The summed E-state index contributed by atoms with van der Waals surface area (Å²) in [6.45, 7) is 4.04. The summed E-state index contributed by atoms with van der Waals surface area (Å²) in [5, 5.41) is 10.1. The van der Waals surface area contributed by atoms with Crippen molar-refractivity contribution in [1.82, 2.24) is 5.01 Å². The highest BCUT2D eigenvalue weighted by Crippen LogP contribution is 2.39. The molecule has 2 heterocycles. The van der Waals surface area contributed by atoms with Crippen LogP contribution in [-0.4, -0.2) is 33.0 Å². The van der Waals surface area contributed by atoms with Gasteiger partial charge < -0.3 is 5.32 Å². The number of benzene rings is 3. The molecule has 0 saturated carbocycles. The molecule has 6 nitrogen and oxygen atoms in total. The summed E-state index contributed by atoms with van der Waals surface area (Å²) in [4.78, 5) is 29.7. The van der Waals surface area contributed by atoms with Crippen LogP contribution in [0.25, 0.3) is 0 Å². The second-order valence-electron chi connectivity index (χ2n) is 8.99. The number of carbonyl (C=O) groups excluding carboxylic acids is 2. The predicted molar refractivity (Wildman–Crippen MR) is 147 cm³/mol. The number of carbonyl (C=O) groups is 2. The second kappa shape index (κ2) is 10.3. The lowest BCUT2D eigenvalue weighted by molar-refractivity contribution is -0.121. The van der Waals surface area contributed by atoms with E-state index in [-0.39, 0.29) is 24.3 Å². The molecule has 5 rings (SSSR count). The maximum Gasteiger partial charge on any atom is 0.262 e. The molecule has 8 heteroatoms. The Morgan fingerprint density at radius 2 is 1.64 bits per heavy atom. The first-order valence-electron chi connectivity index (χ1n) is 11.7. The van der Waals surface area contributed by atoms with Crippen LogP contribution in [0.1, 0.15) is 41.1 Å². The van der Waals surface area contributed by atoms with Gasteiger partial charge in [-0.25, -0.2) is 5.01 Å². The number of amidine groups is 1. The highest BCUT2D eigenvalue weighted by atomic mass is 35.5. The minimum absolute atomic E-state index is 0.0400. The van der Waals surface area contributed by atoms with E-state index in [0.717, 1.165) is 22.4 Å². The molecule has 0 fully saturated rings. The van der Waals surface area contributed by atoms with Gasteiger partial charge in [-0.15, -0.1) is 0 Å². The van der Waals surface area contributed by atoms with Gasteiger partial charge in [-0.05, 0) is 49.2 Å². The van der Waals surface area contributed by atoms with Crippen molar-refractivity contribution < 1.29 is 9.59 Å². The average molecular weight is 517 g/mol. The maximum atomic E-state index is 12.8. The molecule has 182 valence electrons. The molecule has 2 amide bonds. The molecule has 0 spiro atoms. The van der Waals surface area contributed by atoms with Crippen LogP contribution in [0.15, 0.2) is 82.9 Å². The smallest absolute Gasteiger partial charge is 0.262 e. The van der Waals surface area contributed by atoms with Gasteiger partial charge in [-0.2, -0.15) is 10.1 Å². The Balaban J connectivity index is 1.35. The van der Waals surface area contributed by atoms with Crippen LogP contribution < -0.4 is 5.32 Å². The first kappa shape index (κ1) is 24.3. The SMILES string of the molecule is Cc1ccc(NC(=O)C[C@@H]2SC(N3N=C(c4ccc(C)cc4)C[C@@H]3c3ccc(Cl)cc3)=NC2=O)cc1. The molecule has 0 aliphatic carbocycles. The van der Waals surface area contributed by atoms with Gasteiger partial charge in [0.25, 0.3) is 5.91 Å². The Hall–Kier alpha value is -3.42. The fraction of sp³-hybridized carbons (Fsp3) is 0.214. The van der Waals surface area contributed by atoms with Gasteiger partial charge in [0.1, 0.15) is 5.25 Å². The molecule has 0 radical (unpaired) electrons. The third-order valence-electron chi connectivity index (χ3n) is 6.18. The first-order chi connectivity index (χ1) is 17.4. The Morgan fingerprint density at radius 1 is 1.00 bits per heavy atom. The van der Waals surface area contributed by atoms with Gasteiger partial charge in [0.2, 0.25) is 5.91 Å². The summed E-state index contributed by atoms with van der Waals surface area (Å²) in [6.07, 6.45) is 0.704. The molecule has 0 bridgehead atoms. The number of nitrogens with zero attached hydrogens (tertiary/aromatic N) is 3. The zero-order chi connectivity index (χ0) is 25.2. The van der Waals surface area contributed by atoms with Crippen molar-refractivity contribution in [2.45, 2.75) is 38.0 Å². The molecule has 1 N–H and O–H groups in total. The van der Waals surface area contributed by atoms with E-state index < -0.39 is 5.25 Å². The van der Waals surface area contributed by atoms with Crippen LogP contribution >= 0.6 is 23.4 Å². The third-order valence-corrected chi connectivity index (χ3v) is 7.57. The Kier molecular flexibility index (Phi) is 6.94. The highest BCUT2D eigenvalue weighted by Gasteiger charge is 2.39. The normalized spacial score (nSPS) is 19.3. The number of aliphatic imine (C=N–C) groups is 1. The number of amides is 2. The summed E-state index contributed by atoms with van der Waals surface area (Å²) < 4.78 is 0. The Labute approximate surface area is 219 Å². The number of aryl methyl sites for hydroxylation is 2. The van der Waals surface area contributed by atoms with Crippen molar-refractivity contribution in [3.8, 4) is 0 Å². The molecular formula is C28H25ClN4O2S. The van der Waals surface area contributed by atoms with E-state index in [1.165, 1.54) is 17.3 Å². The van der Waals surface area contributed by atoms with Crippen LogP contribution in [-0.2, 0) is 9.59 Å². The van der Waals surface area contributed by atoms with Gasteiger partial charge in [0, 0.05) is 23.6 Å². The van der Waals surface area contributed by atoms with Gasteiger partial charge >= 0.3 is 0 Å². The zero-order valence-corrected chi connectivity index (χ0v) is 21.5. The van der Waals surface area contributed by atoms with Gasteiger partial charge in [-0.1, -0.05) is 83.0 Å². The number of halogens is 1. The van der Waals surface area contributed by atoms with Gasteiger partial charge in [0.05, 0.1) is 11.8 Å². The topological polar surface area (TPSA) is 74.1 Å². The Bertz CT molecular complexity index is 1350. The van der Waals surface area contributed by atoms with E-state index >= 15 is 0 Å². The van der Waals surface area contributed by atoms with Crippen molar-refractivity contribution in [1.29, 1.82) is 0 Å². The van der Waals surface area contributed by atoms with E-state index in [0.29, 0.717) is 22.3 Å². The quantitative estimate of drug-likeness (QED) is 0.442. The fourth-order valence-electron chi connectivity index (χ4n) is 4.17. The monoisotopic (exact) mass is 516 g/mol. The fourth-order valence-corrected chi connectivity index (χ4v) is 5.36. The standard InChI is InChI=1S/C28H25ClN4O2S/c1-17-3-7-19(8-4-17)23-15-24(20-9-11-21(29)12-10-20)33(32-23)28-31-27(35)25(36-28)16-26(34)30-22-13-5-18(2)6-14-22/h3-14,24-25H,15-16H2,1-2H3,(H,30,34)/t24-,25+/m1/s1. The van der Waals surface area contributed by atoms with Crippen molar-refractivity contribution in [2.75, 3.05) is 5.32 Å². The number of thioether (sulfide) groups is 1. The van der Waals surface area contributed by atoms with Crippen LogP contribution in [0.5, 0.6) is 0 Å². The van der Waals surface area contributed by atoms with Crippen LogP contribution in [0.4, 0.5) is 5.69 Å². The molecule has 36 heavy (non-hydrogen) atoms. The van der Waals surface area contributed by atoms with Crippen molar-refractivity contribution in [3.05, 3.63) is 100 Å². The first-order valence-corrected chi connectivity index (χ1v) is 13.0. The number of anilines is 1. The molecule has 3 aromatic rings. The van der Waals surface area contributed by atoms with Gasteiger partial charge in [0.15, 0.2) is 5.17 Å². The van der Waals surface area contributed by atoms with E-state index in [1.807, 2.05) is 67.4 Å². The van der Waals surface area contributed by atoms with E-state index in [4.69, 9.17) is 16.7 Å². The molecule has 0 aromatic heterocycles. The van der Waals surface area contributed by atoms with E-state index in [2.05, 4.69) is 34.6 Å². The zero-order valence-electron chi connectivity index (χ0n) is 19.9. The minimum Gasteiger partial charge on any atom is -0.326 e. The number of rotatable bonds is 5. The average Bonchev–Trinajstić information content (AvgIpc) is 3.45. The molecule has 0 unspecified atom stereocenters. The lowest BCUT2D eigenvalue weighted by atomic mass is 9.98. The summed E-state index contributed by atoms with van der Waals surface area (Å²) in [6, 6.07) is 23.3. The lowest BCUT2D eigenvalue weighted by Crippen LogP contribution is -2.25. The number of hydrazone groups is 1. The summed E-state index contributed by atoms with van der Waals surface area (Å²) in [7, 11) is 0. The van der Waals surface area contributed by atoms with E-state index in [1.54, 1.807) is 0 Å². The predicted octanol–water partition coefficient (Wildman–Crippen LogP) is 6.13. The number of hydrogen-bond acceptors (Lipinski definition) is 5. The molecule has 0 saturated heterocycles. The van der Waals surface area contributed by atoms with Crippen molar-refractivity contribution >= 4 is 51.7 Å². The maximum absolute atomic E-state index is 12.8. The third kappa shape index (κ3) is 5.37. The molecular weight excluding hydrogens is 492 g/mol. The highest BCUT2D eigenvalue weighted by molar-refractivity contribution is 8.15. The molecule has 2 aliphatic rings. The van der Waals surface area contributed by atoms with Crippen LogP contribution in [0, 0.1) is 13.8 Å². The number of nitrogens with one attached hydrogen (secondary N) is 1. The summed E-state index contributed by atoms with van der Waals surface area (Å²) >= 11 is 7.41. The Morgan fingerprint density at radius 3 is 2.31 bits per heavy atom. The van der Waals surface area contributed by atoms with E-state index in [9.17, 15) is 9.59 Å². The summed E-state index contributed by atoms with van der Waals surface area (Å²) in [5.74, 6) is -0.538. The van der Waals surface area contributed by atoms with Gasteiger partial charge in [-0.3, -0.25) is 9.59 Å².